The number of nitrogens with zero attached hydrogens (tertiary/aromatic N) is 2. The van der Waals surface area contributed by atoms with E-state index in [0.717, 1.165) is 5.01 Å². The second-order valence-electron chi connectivity index (χ2n) is 6.63. The van der Waals surface area contributed by atoms with Crippen molar-refractivity contribution >= 4 is 17.2 Å². The molecule has 26 heavy (non-hydrogen) atoms. The predicted octanol–water partition coefficient (Wildman–Crippen LogP) is 2.67. The number of carbonyl (C=O) groups is 1. The summed E-state index contributed by atoms with van der Waals surface area (Å²) < 4.78 is 22.2. The van der Waals surface area contributed by atoms with E-state index in [4.69, 9.17) is 18.9 Å². The first-order valence-electron chi connectivity index (χ1n) is 8.39. The van der Waals surface area contributed by atoms with Gasteiger partial charge in [0.05, 0.1) is 19.7 Å². The molecule has 0 radical (unpaired) electrons. The van der Waals surface area contributed by atoms with Crippen LogP contribution < -0.4 is 9.47 Å². The van der Waals surface area contributed by atoms with E-state index in [1.54, 1.807) is 29.3 Å². The zero-order valence-electron chi connectivity index (χ0n) is 14.6. The van der Waals surface area contributed by atoms with Crippen LogP contribution in [-0.4, -0.2) is 47.6 Å². The lowest BCUT2D eigenvalue weighted by molar-refractivity contribution is -0.139. The van der Waals surface area contributed by atoms with E-state index >= 15 is 0 Å². The molecule has 0 spiro atoms. The Balaban J connectivity index is 1.54. The first-order chi connectivity index (χ1) is 12.5. The summed E-state index contributed by atoms with van der Waals surface area (Å²) in [5.41, 5.74) is 0.545. The molecule has 0 unspecified atom stereocenters. The van der Waals surface area contributed by atoms with E-state index in [9.17, 15) is 4.79 Å². The van der Waals surface area contributed by atoms with Crippen molar-refractivity contribution in [1.82, 2.24) is 9.88 Å². The molecule has 0 bridgehead atoms. The van der Waals surface area contributed by atoms with Gasteiger partial charge in [-0.2, -0.15) is 0 Å². The average Bonchev–Trinajstić information content (AvgIpc) is 3.34. The molecule has 1 aromatic carbocycles. The maximum atomic E-state index is 13.1. The van der Waals surface area contributed by atoms with Crippen LogP contribution >= 0.6 is 11.3 Å². The highest BCUT2D eigenvalue weighted by Crippen LogP contribution is 2.33. The number of aromatic nitrogens is 1. The van der Waals surface area contributed by atoms with Gasteiger partial charge in [0.1, 0.15) is 11.1 Å². The fourth-order valence-electron chi connectivity index (χ4n) is 3.02. The number of fused-ring (bicyclic) bond motifs is 1. The topological polar surface area (TPSA) is 70.1 Å². The number of thiazole rings is 1. The zero-order valence-corrected chi connectivity index (χ0v) is 15.5. The van der Waals surface area contributed by atoms with E-state index < -0.39 is 5.79 Å². The summed E-state index contributed by atoms with van der Waals surface area (Å²) in [5.74, 6) is 0.514. The molecule has 4 rings (SSSR count). The Kier molecular flexibility index (Phi) is 4.56. The minimum atomic E-state index is -0.626. The molecule has 1 aromatic heterocycles. The van der Waals surface area contributed by atoms with E-state index in [2.05, 4.69) is 4.98 Å². The van der Waals surface area contributed by atoms with Crippen molar-refractivity contribution in [3.63, 3.8) is 0 Å². The van der Waals surface area contributed by atoms with Crippen molar-refractivity contribution in [3.8, 4) is 11.5 Å². The molecule has 138 valence electrons. The van der Waals surface area contributed by atoms with Crippen LogP contribution in [-0.2, 0) is 16.0 Å². The van der Waals surface area contributed by atoms with Crippen LogP contribution in [0.25, 0.3) is 0 Å². The van der Waals surface area contributed by atoms with Crippen LogP contribution in [0.15, 0.2) is 29.8 Å². The average molecular weight is 376 g/mol. The lowest BCUT2D eigenvalue weighted by Gasteiger charge is -2.25. The van der Waals surface area contributed by atoms with Gasteiger partial charge in [-0.25, -0.2) is 4.98 Å². The number of amides is 1. The van der Waals surface area contributed by atoms with Gasteiger partial charge in [0.2, 0.25) is 6.79 Å². The zero-order chi connectivity index (χ0) is 18.1. The minimum absolute atomic E-state index is 0.105. The van der Waals surface area contributed by atoms with Gasteiger partial charge in [0.15, 0.2) is 17.3 Å². The summed E-state index contributed by atoms with van der Waals surface area (Å²) >= 11 is 1.52. The first kappa shape index (κ1) is 17.3. The maximum Gasteiger partial charge on any atom is 0.254 e. The quantitative estimate of drug-likeness (QED) is 0.799. The second-order valence-corrected chi connectivity index (χ2v) is 7.61. The van der Waals surface area contributed by atoms with Gasteiger partial charge in [0.25, 0.3) is 5.91 Å². The number of benzene rings is 1. The van der Waals surface area contributed by atoms with Crippen LogP contribution in [0.3, 0.4) is 0 Å². The van der Waals surface area contributed by atoms with Crippen LogP contribution in [0.1, 0.15) is 29.2 Å². The molecular weight excluding hydrogens is 356 g/mol. The molecule has 1 atom stereocenters. The number of hydrogen-bond donors (Lipinski definition) is 0. The van der Waals surface area contributed by atoms with Gasteiger partial charge >= 0.3 is 0 Å². The third-order valence-electron chi connectivity index (χ3n) is 4.21. The van der Waals surface area contributed by atoms with Gasteiger partial charge < -0.3 is 23.8 Å². The Morgan fingerprint density at radius 3 is 2.92 bits per heavy atom. The largest absolute Gasteiger partial charge is 0.454 e. The Hall–Kier alpha value is -2.16. The number of ether oxygens (including phenoxy) is 4. The standard InChI is InChI=1S/C18H20N2O5S/c1-18(2)24-10-13(25-18)8-20(9-16-19-5-6-26-16)17(21)12-3-4-14-15(7-12)23-11-22-14/h3-7,13H,8-11H2,1-2H3/t13-/m0/s1. The summed E-state index contributed by atoms with van der Waals surface area (Å²) in [6.07, 6.45) is 1.56. The van der Waals surface area contributed by atoms with Gasteiger partial charge in [-0.1, -0.05) is 0 Å². The van der Waals surface area contributed by atoms with Crippen molar-refractivity contribution in [2.75, 3.05) is 19.9 Å². The van der Waals surface area contributed by atoms with Crippen molar-refractivity contribution in [2.24, 2.45) is 0 Å². The molecule has 2 aliphatic rings. The Bertz CT molecular complexity index is 793. The van der Waals surface area contributed by atoms with Crippen LogP contribution in [0.2, 0.25) is 0 Å². The SMILES string of the molecule is CC1(C)OC[C@H](CN(Cc2nccs2)C(=O)c2ccc3c(c2)OCO3)O1. The lowest BCUT2D eigenvalue weighted by atomic mass is 10.1. The molecule has 2 aliphatic heterocycles. The van der Waals surface area contributed by atoms with Crippen LogP contribution in [0, 0.1) is 0 Å². The highest BCUT2D eigenvalue weighted by atomic mass is 32.1. The van der Waals surface area contributed by atoms with E-state index in [1.807, 2.05) is 19.2 Å². The number of hydrogen-bond acceptors (Lipinski definition) is 7. The minimum Gasteiger partial charge on any atom is -0.454 e. The van der Waals surface area contributed by atoms with E-state index in [1.165, 1.54) is 11.3 Å². The van der Waals surface area contributed by atoms with Crippen LogP contribution in [0.4, 0.5) is 0 Å². The molecule has 2 aromatic rings. The molecule has 0 aliphatic carbocycles. The van der Waals surface area contributed by atoms with Crippen molar-refractivity contribution in [3.05, 3.63) is 40.3 Å². The molecule has 1 saturated heterocycles. The van der Waals surface area contributed by atoms with Gasteiger partial charge in [-0.05, 0) is 32.0 Å². The van der Waals surface area contributed by atoms with Gasteiger partial charge in [0, 0.05) is 17.1 Å². The predicted molar refractivity (Wildman–Crippen MR) is 94.3 cm³/mol. The number of carbonyl (C=O) groups excluding carboxylic acids is 1. The van der Waals surface area contributed by atoms with Gasteiger partial charge in [-0.15, -0.1) is 11.3 Å². The van der Waals surface area contributed by atoms with E-state index in [0.29, 0.717) is 36.8 Å². The normalized spacial score (nSPS) is 20.3. The van der Waals surface area contributed by atoms with E-state index in [-0.39, 0.29) is 18.8 Å². The maximum absolute atomic E-state index is 13.1. The summed E-state index contributed by atoms with van der Waals surface area (Å²) in [6, 6.07) is 5.23. The summed E-state index contributed by atoms with van der Waals surface area (Å²) in [5, 5.41) is 2.77. The van der Waals surface area contributed by atoms with Gasteiger partial charge in [-0.3, -0.25) is 4.79 Å². The Morgan fingerprint density at radius 1 is 1.35 bits per heavy atom. The second kappa shape index (κ2) is 6.86. The third kappa shape index (κ3) is 3.67. The summed E-state index contributed by atoms with van der Waals surface area (Å²) in [4.78, 5) is 19.2. The van der Waals surface area contributed by atoms with Crippen molar-refractivity contribution < 1.29 is 23.7 Å². The molecule has 1 fully saturated rings. The molecule has 0 N–H and O–H groups in total. The third-order valence-corrected chi connectivity index (χ3v) is 4.97. The monoisotopic (exact) mass is 376 g/mol. The molecule has 8 heteroatoms. The molecule has 3 heterocycles. The molecule has 1 amide bonds. The molecule has 7 nitrogen and oxygen atoms in total. The molecular formula is C18H20N2O5S. The first-order valence-corrected chi connectivity index (χ1v) is 9.27. The highest BCUT2D eigenvalue weighted by Gasteiger charge is 2.35. The summed E-state index contributed by atoms with van der Waals surface area (Å²) in [6.45, 7) is 5.23. The Labute approximate surface area is 155 Å². The number of rotatable bonds is 5. The molecule has 0 saturated carbocycles. The fourth-order valence-corrected chi connectivity index (χ4v) is 3.66. The van der Waals surface area contributed by atoms with Crippen molar-refractivity contribution in [1.29, 1.82) is 0 Å². The fraction of sp³-hybridized carbons (Fsp3) is 0.444. The Morgan fingerprint density at radius 2 is 2.19 bits per heavy atom. The summed E-state index contributed by atoms with van der Waals surface area (Å²) in [7, 11) is 0. The van der Waals surface area contributed by atoms with Crippen LogP contribution in [0.5, 0.6) is 11.5 Å². The highest BCUT2D eigenvalue weighted by molar-refractivity contribution is 7.09. The van der Waals surface area contributed by atoms with Crippen molar-refractivity contribution in [2.45, 2.75) is 32.3 Å². The smallest absolute Gasteiger partial charge is 0.254 e. The lowest BCUT2D eigenvalue weighted by Crippen LogP contribution is -2.38.